The lowest BCUT2D eigenvalue weighted by molar-refractivity contribution is 0.0920. The van der Waals surface area contributed by atoms with Gasteiger partial charge in [0.25, 0.3) is 0 Å². The van der Waals surface area contributed by atoms with Crippen LogP contribution in [-0.4, -0.2) is 12.4 Å². The van der Waals surface area contributed by atoms with Gasteiger partial charge in [-0.2, -0.15) is 5.26 Å². The van der Waals surface area contributed by atoms with E-state index >= 15 is 0 Å². The van der Waals surface area contributed by atoms with Crippen LogP contribution >= 0.6 is 31.9 Å². The predicted molar refractivity (Wildman–Crippen MR) is 82.8 cm³/mol. The van der Waals surface area contributed by atoms with E-state index in [1.807, 2.05) is 24.3 Å². The molecule has 0 aliphatic rings. The van der Waals surface area contributed by atoms with Gasteiger partial charge in [0.15, 0.2) is 12.4 Å². The first-order chi connectivity index (χ1) is 9.61. The summed E-state index contributed by atoms with van der Waals surface area (Å²) in [7, 11) is 0. The summed E-state index contributed by atoms with van der Waals surface area (Å²) < 4.78 is 7.09. The Morgan fingerprint density at radius 1 is 1.10 bits per heavy atom. The zero-order chi connectivity index (χ0) is 14.5. The van der Waals surface area contributed by atoms with Crippen molar-refractivity contribution >= 4 is 37.6 Å². The minimum atomic E-state index is -0.142. The van der Waals surface area contributed by atoms with Crippen molar-refractivity contribution in [1.82, 2.24) is 0 Å². The molecule has 0 N–H and O–H groups in total. The Bertz CT molecular complexity index is 655. The van der Waals surface area contributed by atoms with Gasteiger partial charge < -0.3 is 4.74 Å². The summed E-state index contributed by atoms with van der Waals surface area (Å²) in [6.45, 7) is -0.0624. The molecule has 0 spiro atoms. The van der Waals surface area contributed by atoms with E-state index in [2.05, 4.69) is 31.9 Å². The largest absolute Gasteiger partial charge is 0.483 e. The van der Waals surface area contributed by atoms with Gasteiger partial charge in [0.2, 0.25) is 0 Å². The minimum Gasteiger partial charge on any atom is -0.483 e. The highest BCUT2D eigenvalue weighted by atomic mass is 79.9. The zero-order valence-corrected chi connectivity index (χ0v) is 13.4. The molecular formula is C15H9Br2NO2. The molecule has 2 aromatic rings. The molecule has 0 aliphatic heterocycles. The van der Waals surface area contributed by atoms with Crippen molar-refractivity contribution < 1.29 is 9.53 Å². The van der Waals surface area contributed by atoms with Crippen LogP contribution in [0.4, 0.5) is 0 Å². The molecule has 100 valence electrons. The molecule has 0 aromatic heterocycles. The second-order valence-corrected chi connectivity index (χ2v) is 5.66. The molecule has 3 nitrogen and oxygen atoms in total. The normalized spacial score (nSPS) is 9.85. The summed E-state index contributed by atoms with van der Waals surface area (Å²) in [5.41, 5.74) is 1.04. The SMILES string of the molecule is N#Cc1ccc(C(=O)COc2c(Br)cccc2Br)cc1. The van der Waals surface area contributed by atoms with E-state index in [1.165, 1.54) is 0 Å². The fourth-order valence-electron chi connectivity index (χ4n) is 1.57. The molecular weight excluding hydrogens is 386 g/mol. The van der Waals surface area contributed by atoms with Crippen LogP contribution in [0.5, 0.6) is 5.75 Å². The maximum absolute atomic E-state index is 12.0. The van der Waals surface area contributed by atoms with E-state index in [0.717, 1.165) is 8.95 Å². The molecule has 0 radical (unpaired) electrons. The lowest BCUT2D eigenvalue weighted by atomic mass is 10.1. The first-order valence-electron chi connectivity index (χ1n) is 5.72. The molecule has 5 heteroatoms. The topological polar surface area (TPSA) is 50.1 Å². The van der Waals surface area contributed by atoms with E-state index in [-0.39, 0.29) is 12.4 Å². The Hall–Kier alpha value is -1.64. The summed E-state index contributed by atoms with van der Waals surface area (Å²) in [6, 6.07) is 14.0. The van der Waals surface area contributed by atoms with Crippen molar-refractivity contribution in [3.05, 3.63) is 62.5 Å². The third-order valence-corrected chi connectivity index (χ3v) is 3.85. The Balaban J connectivity index is 2.07. The maximum atomic E-state index is 12.0. The number of halogens is 2. The summed E-state index contributed by atoms with van der Waals surface area (Å²) in [6.07, 6.45) is 0. The monoisotopic (exact) mass is 393 g/mol. The van der Waals surface area contributed by atoms with E-state index in [0.29, 0.717) is 16.9 Å². The number of benzene rings is 2. The third-order valence-electron chi connectivity index (χ3n) is 2.60. The summed E-state index contributed by atoms with van der Waals surface area (Å²) in [5, 5.41) is 8.71. The van der Waals surface area contributed by atoms with Gasteiger partial charge in [-0.3, -0.25) is 4.79 Å². The van der Waals surface area contributed by atoms with Crippen LogP contribution in [-0.2, 0) is 0 Å². The minimum absolute atomic E-state index is 0.0624. The van der Waals surface area contributed by atoms with Crippen LogP contribution in [0.1, 0.15) is 15.9 Å². The number of hydrogen-bond donors (Lipinski definition) is 0. The molecule has 0 saturated carbocycles. The number of para-hydroxylation sites is 1. The van der Waals surface area contributed by atoms with E-state index in [4.69, 9.17) is 10.00 Å². The van der Waals surface area contributed by atoms with Crippen LogP contribution in [0.3, 0.4) is 0 Å². The van der Waals surface area contributed by atoms with Gasteiger partial charge in [-0.05, 0) is 68.3 Å². The molecule has 0 unspecified atom stereocenters. The molecule has 0 fully saturated rings. The molecule has 0 bridgehead atoms. The highest BCUT2D eigenvalue weighted by Crippen LogP contribution is 2.32. The van der Waals surface area contributed by atoms with Crippen molar-refractivity contribution in [3.8, 4) is 11.8 Å². The quantitative estimate of drug-likeness (QED) is 0.724. The van der Waals surface area contributed by atoms with Crippen molar-refractivity contribution in [2.24, 2.45) is 0 Å². The Morgan fingerprint density at radius 3 is 2.25 bits per heavy atom. The lowest BCUT2D eigenvalue weighted by Gasteiger charge is -2.09. The smallest absolute Gasteiger partial charge is 0.200 e. The fourth-order valence-corrected chi connectivity index (χ4v) is 2.80. The molecule has 0 aliphatic carbocycles. The van der Waals surface area contributed by atoms with Gasteiger partial charge in [-0.25, -0.2) is 0 Å². The highest BCUT2D eigenvalue weighted by Gasteiger charge is 2.10. The highest BCUT2D eigenvalue weighted by molar-refractivity contribution is 9.11. The van der Waals surface area contributed by atoms with Crippen LogP contribution in [0, 0.1) is 11.3 Å². The van der Waals surface area contributed by atoms with Crippen LogP contribution in [0.2, 0.25) is 0 Å². The number of nitrogens with zero attached hydrogens (tertiary/aromatic N) is 1. The summed E-state index contributed by atoms with van der Waals surface area (Å²) >= 11 is 6.74. The lowest BCUT2D eigenvalue weighted by Crippen LogP contribution is -2.12. The third kappa shape index (κ3) is 3.47. The molecule has 0 atom stereocenters. The van der Waals surface area contributed by atoms with E-state index in [9.17, 15) is 4.79 Å². The molecule has 0 saturated heterocycles. The van der Waals surface area contributed by atoms with Crippen molar-refractivity contribution in [2.75, 3.05) is 6.61 Å². The Kier molecular flexibility index (Phi) is 4.94. The van der Waals surface area contributed by atoms with Crippen LogP contribution in [0.25, 0.3) is 0 Å². The molecule has 0 amide bonds. The Morgan fingerprint density at radius 2 is 1.70 bits per heavy atom. The van der Waals surface area contributed by atoms with Gasteiger partial charge >= 0.3 is 0 Å². The number of Topliss-reactive ketones (excluding diaryl/α,β-unsaturated/α-hetero) is 1. The first-order valence-corrected chi connectivity index (χ1v) is 7.30. The van der Waals surface area contributed by atoms with Gasteiger partial charge in [0, 0.05) is 5.56 Å². The van der Waals surface area contributed by atoms with Crippen molar-refractivity contribution in [1.29, 1.82) is 5.26 Å². The number of hydrogen-bond acceptors (Lipinski definition) is 3. The molecule has 0 heterocycles. The standard InChI is InChI=1S/C15H9Br2NO2/c16-12-2-1-3-13(17)15(12)20-9-14(19)11-6-4-10(8-18)5-7-11/h1-7H,9H2. The summed E-state index contributed by atoms with van der Waals surface area (Å²) in [4.78, 5) is 12.0. The maximum Gasteiger partial charge on any atom is 0.200 e. The molecule has 20 heavy (non-hydrogen) atoms. The van der Waals surface area contributed by atoms with Gasteiger partial charge in [0.05, 0.1) is 20.6 Å². The van der Waals surface area contributed by atoms with Gasteiger partial charge in [0.1, 0.15) is 5.75 Å². The predicted octanol–water partition coefficient (Wildman–Crippen LogP) is 4.34. The number of ether oxygens (including phenoxy) is 1. The van der Waals surface area contributed by atoms with Crippen LogP contribution < -0.4 is 4.74 Å². The number of rotatable bonds is 4. The number of ketones is 1. The fraction of sp³-hybridized carbons (Fsp3) is 0.0667. The number of nitriles is 1. The van der Waals surface area contributed by atoms with E-state index < -0.39 is 0 Å². The first kappa shape index (κ1) is 14.8. The second-order valence-electron chi connectivity index (χ2n) is 3.95. The van der Waals surface area contributed by atoms with Crippen molar-refractivity contribution in [3.63, 3.8) is 0 Å². The van der Waals surface area contributed by atoms with Gasteiger partial charge in [-0.1, -0.05) is 6.07 Å². The number of carbonyl (C=O) groups excluding carboxylic acids is 1. The zero-order valence-electron chi connectivity index (χ0n) is 10.3. The molecule has 2 rings (SSSR count). The van der Waals surface area contributed by atoms with Crippen molar-refractivity contribution in [2.45, 2.75) is 0 Å². The number of carbonyl (C=O) groups is 1. The average Bonchev–Trinajstić information content (AvgIpc) is 2.46. The Labute approximate surface area is 133 Å². The average molecular weight is 395 g/mol. The summed E-state index contributed by atoms with van der Waals surface area (Å²) in [5.74, 6) is 0.451. The molecule has 2 aromatic carbocycles. The van der Waals surface area contributed by atoms with Gasteiger partial charge in [-0.15, -0.1) is 0 Å². The van der Waals surface area contributed by atoms with E-state index in [1.54, 1.807) is 24.3 Å². The van der Waals surface area contributed by atoms with Crippen LogP contribution in [0.15, 0.2) is 51.4 Å². The second kappa shape index (κ2) is 6.69.